The molecular weight excluding hydrogens is 415 g/mol. The van der Waals surface area contributed by atoms with E-state index in [2.05, 4.69) is 4.98 Å². The zero-order valence-electron chi connectivity index (χ0n) is 16.5. The topological polar surface area (TPSA) is 72.0 Å². The summed E-state index contributed by atoms with van der Waals surface area (Å²) in [7, 11) is 0. The van der Waals surface area contributed by atoms with Gasteiger partial charge in [-0.15, -0.1) is 0 Å². The maximum atomic E-state index is 14.6. The molecule has 0 radical (unpaired) electrons. The number of aromatic nitrogens is 1. The number of rotatable bonds is 3. The number of benzene rings is 1. The van der Waals surface area contributed by atoms with Crippen molar-refractivity contribution in [1.29, 1.82) is 0 Å². The lowest BCUT2D eigenvalue weighted by molar-refractivity contribution is -0.293. The number of nitrogens with zero attached hydrogens (tertiary/aromatic N) is 3. The van der Waals surface area contributed by atoms with Gasteiger partial charge in [-0.3, -0.25) is 19.3 Å². The number of morpholine rings is 1. The molecule has 0 saturated carbocycles. The summed E-state index contributed by atoms with van der Waals surface area (Å²) in [6.07, 6.45) is -0.936. The molecule has 1 aromatic heterocycles. The molecule has 2 aliphatic heterocycles. The van der Waals surface area contributed by atoms with E-state index in [1.807, 2.05) is 0 Å². The number of halogens is 3. The van der Waals surface area contributed by atoms with E-state index in [4.69, 9.17) is 9.47 Å². The third-order valence-corrected chi connectivity index (χ3v) is 5.23. The van der Waals surface area contributed by atoms with Gasteiger partial charge in [-0.1, -0.05) is 0 Å². The molecule has 1 aromatic carbocycles. The van der Waals surface area contributed by atoms with Crippen molar-refractivity contribution in [2.24, 2.45) is 0 Å². The average molecular weight is 435 g/mol. The van der Waals surface area contributed by atoms with E-state index in [0.717, 1.165) is 22.6 Å². The van der Waals surface area contributed by atoms with Crippen LogP contribution in [-0.4, -0.2) is 66.3 Å². The SMILES string of the molecule is O=C(Cc1ccncc1)N1CCOCC2(C1)CN(c1ccc(F)cc1)C(=O)C(F)(F)O2. The minimum absolute atomic E-state index is 0.0651. The van der Waals surface area contributed by atoms with Crippen LogP contribution in [0.1, 0.15) is 5.56 Å². The number of pyridine rings is 1. The number of anilines is 1. The smallest absolute Gasteiger partial charge is 0.376 e. The van der Waals surface area contributed by atoms with Gasteiger partial charge in [-0.05, 0) is 42.0 Å². The quantitative estimate of drug-likeness (QED) is 0.738. The fourth-order valence-electron chi connectivity index (χ4n) is 3.76. The number of hydrogen-bond donors (Lipinski definition) is 0. The normalized spacial score (nSPS) is 23.6. The number of alkyl halides is 2. The predicted octanol–water partition coefficient (Wildman–Crippen LogP) is 2.02. The Hall–Kier alpha value is -2.98. The van der Waals surface area contributed by atoms with Gasteiger partial charge in [-0.2, -0.15) is 8.78 Å². The minimum atomic E-state index is -4.12. The maximum absolute atomic E-state index is 14.6. The maximum Gasteiger partial charge on any atom is 0.437 e. The molecule has 0 aliphatic carbocycles. The Labute approximate surface area is 176 Å². The number of carbonyl (C=O) groups excluding carboxylic acids is 2. The molecule has 2 amide bonds. The summed E-state index contributed by atoms with van der Waals surface area (Å²) in [6.45, 7) is -0.343. The summed E-state index contributed by atoms with van der Waals surface area (Å²) < 4.78 is 52.9. The first kappa shape index (κ1) is 21.3. The third kappa shape index (κ3) is 4.54. The summed E-state index contributed by atoms with van der Waals surface area (Å²) in [4.78, 5) is 31.3. The van der Waals surface area contributed by atoms with Gasteiger partial charge in [0.05, 0.1) is 32.7 Å². The monoisotopic (exact) mass is 435 g/mol. The summed E-state index contributed by atoms with van der Waals surface area (Å²) in [5, 5.41) is 0. The van der Waals surface area contributed by atoms with E-state index >= 15 is 0 Å². The van der Waals surface area contributed by atoms with Gasteiger partial charge in [0.15, 0.2) is 0 Å². The molecule has 4 rings (SSSR count). The Morgan fingerprint density at radius 1 is 1.10 bits per heavy atom. The highest BCUT2D eigenvalue weighted by molar-refractivity contribution is 5.98. The highest BCUT2D eigenvalue weighted by Crippen LogP contribution is 2.37. The summed E-state index contributed by atoms with van der Waals surface area (Å²) in [6, 6.07) is 8.04. The second-order valence-electron chi connectivity index (χ2n) is 7.57. The van der Waals surface area contributed by atoms with Crippen LogP contribution in [0.2, 0.25) is 0 Å². The molecule has 2 aliphatic rings. The van der Waals surface area contributed by atoms with Crippen LogP contribution in [0.25, 0.3) is 0 Å². The summed E-state index contributed by atoms with van der Waals surface area (Å²) in [5.74, 6) is -2.39. The fourth-order valence-corrected chi connectivity index (χ4v) is 3.76. The van der Waals surface area contributed by atoms with Crippen LogP contribution in [0, 0.1) is 5.82 Å². The molecule has 7 nitrogen and oxygen atoms in total. The van der Waals surface area contributed by atoms with Crippen LogP contribution < -0.4 is 4.90 Å². The second kappa shape index (κ2) is 8.27. The summed E-state index contributed by atoms with van der Waals surface area (Å²) in [5.41, 5.74) is -0.805. The second-order valence-corrected chi connectivity index (χ2v) is 7.57. The first-order valence-corrected chi connectivity index (χ1v) is 9.68. The van der Waals surface area contributed by atoms with E-state index in [-0.39, 0.29) is 50.9 Å². The number of ether oxygens (including phenoxy) is 2. The van der Waals surface area contributed by atoms with Crippen molar-refractivity contribution in [2.75, 3.05) is 37.7 Å². The molecule has 2 saturated heterocycles. The van der Waals surface area contributed by atoms with Crippen LogP contribution >= 0.6 is 0 Å². The largest absolute Gasteiger partial charge is 0.437 e. The van der Waals surface area contributed by atoms with Gasteiger partial charge < -0.3 is 14.5 Å². The molecule has 164 valence electrons. The third-order valence-electron chi connectivity index (χ3n) is 5.23. The molecular formula is C21H20F3N3O4. The molecule has 2 fully saturated rings. The van der Waals surface area contributed by atoms with Crippen molar-refractivity contribution < 1.29 is 32.2 Å². The standard InChI is InChI=1S/C21H20F3N3O4/c22-16-1-3-17(4-2-16)27-13-20(31-21(23,24)19(27)29)12-26(9-10-30-14-20)18(28)11-15-5-7-25-8-6-15/h1-8H,9-14H2. The van der Waals surface area contributed by atoms with Gasteiger partial charge in [0.25, 0.3) is 0 Å². The minimum Gasteiger partial charge on any atom is -0.376 e. The Morgan fingerprint density at radius 2 is 1.81 bits per heavy atom. The van der Waals surface area contributed by atoms with Crippen LogP contribution in [0.15, 0.2) is 48.8 Å². The molecule has 1 spiro atoms. The van der Waals surface area contributed by atoms with Crippen molar-refractivity contribution in [3.8, 4) is 0 Å². The van der Waals surface area contributed by atoms with Crippen LogP contribution in [-0.2, 0) is 25.5 Å². The van der Waals surface area contributed by atoms with Crippen molar-refractivity contribution in [1.82, 2.24) is 9.88 Å². The van der Waals surface area contributed by atoms with E-state index in [9.17, 15) is 22.8 Å². The molecule has 0 N–H and O–H groups in total. The Bertz CT molecular complexity index is 958. The van der Waals surface area contributed by atoms with Crippen molar-refractivity contribution in [2.45, 2.75) is 18.1 Å². The molecule has 1 unspecified atom stereocenters. The number of hydrogen-bond acceptors (Lipinski definition) is 5. The lowest BCUT2D eigenvalue weighted by Crippen LogP contribution is -2.66. The van der Waals surface area contributed by atoms with Gasteiger partial charge in [-0.25, -0.2) is 4.39 Å². The molecule has 0 bridgehead atoms. The lowest BCUT2D eigenvalue weighted by Gasteiger charge is -2.45. The molecule has 31 heavy (non-hydrogen) atoms. The van der Waals surface area contributed by atoms with Gasteiger partial charge in [0.2, 0.25) is 5.91 Å². The molecule has 2 aromatic rings. The number of amides is 2. The molecule has 3 heterocycles. The van der Waals surface area contributed by atoms with E-state index in [0.29, 0.717) is 0 Å². The molecule has 1 atom stereocenters. The van der Waals surface area contributed by atoms with Crippen LogP contribution in [0.5, 0.6) is 0 Å². The van der Waals surface area contributed by atoms with Crippen molar-refractivity contribution in [3.05, 3.63) is 60.2 Å². The fraction of sp³-hybridized carbons (Fsp3) is 0.381. The zero-order chi connectivity index (χ0) is 22.1. The Kier molecular flexibility index (Phi) is 5.67. The summed E-state index contributed by atoms with van der Waals surface area (Å²) >= 11 is 0. The lowest BCUT2D eigenvalue weighted by atomic mass is 10.00. The van der Waals surface area contributed by atoms with Gasteiger partial charge >= 0.3 is 12.0 Å². The highest BCUT2D eigenvalue weighted by Gasteiger charge is 2.58. The van der Waals surface area contributed by atoms with Gasteiger partial charge in [0.1, 0.15) is 11.4 Å². The zero-order valence-corrected chi connectivity index (χ0v) is 16.5. The first-order chi connectivity index (χ1) is 14.8. The predicted molar refractivity (Wildman–Crippen MR) is 103 cm³/mol. The van der Waals surface area contributed by atoms with Crippen molar-refractivity contribution in [3.63, 3.8) is 0 Å². The van der Waals surface area contributed by atoms with Crippen LogP contribution in [0.4, 0.5) is 18.9 Å². The average Bonchev–Trinajstić information content (AvgIpc) is 2.94. The van der Waals surface area contributed by atoms with Crippen LogP contribution in [0.3, 0.4) is 0 Å². The van der Waals surface area contributed by atoms with E-state index < -0.39 is 23.4 Å². The van der Waals surface area contributed by atoms with Gasteiger partial charge in [0, 0.05) is 24.6 Å². The Balaban J connectivity index is 1.59. The van der Waals surface area contributed by atoms with E-state index in [1.54, 1.807) is 24.5 Å². The first-order valence-electron chi connectivity index (χ1n) is 9.68. The van der Waals surface area contributed by atoms with Crippen molar-refractivity contribution >= 4 is 17.5 Å². The Morgan fingerprint density at radius 3 is 2.52 bits per heavy atom. The highest BCUT2D eigenvalue weighted by atomic mass is 19.3. The molecule has 10 heteroatoms. The number of carbonyl (C=O) groups is 2. The van der Waals surface area contributed by atoms with E-state index in [1.165, 1.54) is 17.0 Å².